The monoisotopic (exact) mass is 423 g/mol. The fourth-order valence-corrected chi connectivity index (χ4v) is 5.69. The summed E-state index contributed by atoms with van der Waals surface area (Å²) in [7, 11) is 0. The molecule has 5 rings (SSSR count). The molecule has 2 aliphatic carbocycles. The maximum atomic E-state index is 12.9. The van der Waals surface area contributed by atoms with E-state index >= 15 is 0 Å². The molecular formula is C27H25N3O2. The Morgan fingerprint density at radius 2 is 2.03 bits per heavy atom. The second kappa shape index (κ2) is 7.89. The van der Waals surface area contributed by atoms with Crippen LogP contribution in [-0.2, 0) is 23.1 Å². The van der Waals surface area contributed by atoms with Crippen LogP contribution in [0, 0.1) is 23.2 Å². The molecule has 0 bridgehead atoms. The first-order valence-corrected chi connectivity index (χ1v) is 11.1. The number of carbonyl (C=O) groups is 1. The number of aromatic nitrogens is 2. The number of allylic oxidation sites excluding steroid dienone is 2. The van der Waals surface area contributed by atoms with Crippen LogP contribution in [0.2, 0.25) is 0 Å². The molecule has 0 amide bonds. The van der Waals surface area contributed by atoms with Crippen molar-refractivity contribution in [2.45, 2.75) is 31.6 Å². The number of hydrogen-bond donors (Lipinski definition) is 2. The number of nitrogens with one attached hydrogen (secondary N) is 1. The van der Waals surface area contributed by atoms with Gasteiger partial charge in [0, 0.05) is 23.7 Å². The molecule has 0 aliphatic heterocycles. The standard InChI is InChI=1S/C27H25N3O2/c1-17-23-11-10-22-24(19-7-5-6-18(14-19)12-13-31)29-30-26(22)27(23,15-20(16-28)25(17)32)21-8-3-2-4-9-21/h2-9,14-15,17,23,31H,10-13H2,1H3,(H,29,30)/t17?,23?,27-/m1/s1. The summed E-state index contributed by atoms with van der Waals surface area (Å²) >= 11 is 0. The highest BCUT2D eigenvalue weighted by Crippen LogP contribution is 2.54. The maximum absolute atomic E-state index is 12.9. The third-order valence-electron chi connectivity index (χ3n) is 7.19. The van der Waals surface area contributed by atoms with Crippen molar-refractivity contribution in [1.82, 2.24) is 10.2 Å². The van der Waals surface area contributed by atoms with Crippen LogP contribution in [0.25, 0.3) is 11.3 Å². The summed E-state index contributed by atoms with van der Waals surface area (Å²) in [6.07, 6.45) is 4.14. The predicted octanol–water partition coefficient (Wildman–Crippen LogP) is 4.13. The largest absolute Gasteiger partial charge is 0.396 e. The number of fused-ring (bicyclic) bond motifs is 3. The Kier molecular flexibility index (Phi) is 5.03. The van der Waals surface area contributed by atoms with Crippen LogP contribution < -0.4 is 0 Å². The zero-order valence-electron chi connectivity index (χ0n) is 18.0. The molecule has 2 unspecified atom stereocenters. The van der Waals surface area contributed by atoms with Crippen molar-refractivity contribution in [3.63, 3.8) is 0 Å². The first-order valence-electron chi connectivity index (χ1n) is 11.1. The molecule has 1 aromatic heterocycles. The van der Waals surface area contributed by atoms with E-state index in [2.05, 4.69) is 35.4 Å². The molecule has 2 aromatic carbocycles. The minimum Gasteiger partial charge on any atom is -0.396 e. The highest BCUT2D eigenvalue weighted by Gasteiger charge is 2.53. The predicted molar refractivity (Wildman–Crippen MR) is 122 cm³/mol. The number of hydrogen-bond acceptors (Lipinski definition) is 4. The van der Waals surface area contributed by atoms with Gasteiger partial charge in [-0.3, -0.25) is 9.89 Å². The quantitative estimate of drug-likeness (QED) is 0.660. The molecule has 1 heterocycles. The molecular weight excluding hydrogens is 398 g/mol. The SMILES string of the molecule is CC1C(=O)C(C#N)=C[C@]2(c3ccccc3)c3n[nH]c(-c4cccc(CCO)c4)c3CCC12. The lowest BCUT2D eigenvalue weighted by atomic mass is 9.54. The summed E-state index contributed by atoms with van der Waals surface area (Å²) in [5.74, 6) is -0.283. The second-order valence-electron chi connectivity index (χ2n) is 8.80. The van der Waals surface area contributed by atoms with Gasteiger partial charge in [-0.1, -0.05) is 55.5 Å². The van der Waals surface area contributed by atoms with Crippen molar-refractivity contribution in [2.75, 3.05) is 6.61 Å². The molecule has 3 atom stereocenters. The number of aliphatic hydroxyl groups is 1. The average Bonchev–Trinajstić information content (AvgIpc) is 3.27. The van der Waals surface area contributed by atoms with E-state index in [0.717, 1.165) is 46.5 Å². The van der Waals surface area contributed by atoms with Gasteiger partial charge in [0.1, 0.15) is 6.07 Å². The number of ketones is 1. The van der Waals surface area contributed by atoms with E-state index < -0.39 is 5.41 Å². The van der Waals surface area contributed by atoms with Gasteiger partial charge in [0.2, 0.25) is 0 Å². The van der Waals surface area contributed by atoms with Gasteiger partial charge in [-0.15, -0.1) is 0 Å². The van der Waals surface area contributed by atoms with E-state index in [1.807, 2.05) is 43.3 Å². The maximum Gasteiger partial charge on any atom is 0.176 e. The van der Waals surface area contributed by atoms with Gasteiger partial charge < -0.3 is 5.11 Å². The van der Waals surface area contributed by atoms with Crippen molar-refractivity contribution in [3.8, 4) is 17.3 Å². The molecule has 0 fully saturated rings. The Balaban J connectivity index is 1.75. The lowest BCUT2D eigenvalue weighted by molar-refractivity contribution is -0.121. The average molecular weight is 424 g/mol. The summed E-state index contributed by atoms with van der Waals surface area (Å²) in [5.41, 5.74) is 5.80. The summed E-state index contributed by atoms with van der Waals surface area (Å²) in [6.45, 7) is 2.06. The first-order chi connectivity index (χ1) is 15.6. The first kappa shape index (κ1) is 20.4. The number of benzene rings is 2. The topological polar surface area (TPSA) is 89.8 Å². The molecule has 5 nitrogen and oxygen atoms in total. The number of aliphatic hydroxyl groups excluding tert-OH is 1. The molecule has 5 heteroatoms. The van der Waals surface area contributed by atoms with E-state index in [0.29, 0.717) is 6.42 Å². The molecule has 0 spiro atoms. The number of nitrogens with zero attached hydrogens (tertiary/aromatic N) is 2. The zero-order chi connectivity index (χ0) is 22.3. The number of H-pyrrole nitrogens is 1. The van der Waals surface area contributed by atoms with Crippen molar-refractivity contribution in [3.05, 3.63) is 88.6 Å². The minimum atomic E-state index is -0.620. The molecule has 32 heavy (non-hydrogen) atoms. The third-order valence-corrected chi connectivity index (χ3v) is 7.19. The Morgan fingerprint density at radius 3 is 2.78 bits per heavy atom. The fourth-order valence-electron chi connectivity index (χ4n) is 5.69. The molecule has 2 N–H and O–H groups in total. The number of aromatic amines is 1. The Labute approximate surface area is 187 Å². The molecule has 3 aromatic rings. The summed E-state index contributed by atoms with van der Waals surface area (Å²) in [5, 5.41) is 27.2. The van der Waals surface area contributed by atoms with Crippen LogP contribution >= 0.6 is 0 Å². The summed E-state index contributed by atoms with van der Waals surface area (Å²) in [6, 6.07) is 20.5. The van der Waals surface area contributed by atoms with Gasteiger partial charge >= 0.3 is 0 Å². The smallest absolute Gasteiger partial charge is 0.176 e. The minimum absolute atomic E-state index is 0.0406. The summed E-state index contributed by atoms with van der Waals surface area (Å²) in [4.78, 5) is 12.9. The van der Waals surface area contributed by atoms with Crippen molar-refractivity contribution in [2.24, 2.45) is 11.8 Å². The van der Waals surface area contributed by atoms with Crippen LogP contribution in [0.4, 0.5) is 0 Å². The Hall–Kier alpha value is -3.49. The molecule has 0 saturated carbocycles. The van der Waals surface area contributed by atoms with Crippen LogP contribution in [0.3, 0.4) is 0 Å². The lowest BCUT2D eigenvalue weighted by Gasteiger charge is -2.47. The molecule has 0 radical (unpaired) electrons. The van der Waals surface area contributed by atoms with E-state index in [1.165, 1.54) is 0 Å². The van der Waals surface area contributed by atoms with Gasteiger partial charge in [-0.2, -0.15) is 10.4 Å². The normalized spacial score (nSPS) is 24.3. The number of nitriles is 1. The van der Waals surface area contributed by atoms with Crippen LogP contribution in [0.5, 0.6) is 0 Å². The van der Waals surface area contributed by atoms with Gasteiger partial charge in [-0.05, 0) is 48.4 Å². The van der Waals surface area contributed by atoms with Gasteiger partial charge in [-0.25, -0.2) is 0 Å². The number of carbonyl (C=O) groups excluding carboxylic acids is 1. The van der Waals surface area contributed by atoms with Gasteiger partial charge in [0.25, 0.3) is 0 Å². The van der Waals surface area contributed by atoms with Gasteiger partial charge in [0.05, 0.1) is 22.4 Å². The van der Waals surface area contributed by atoms with Crippen molar-refractivity contribution in [1.29, 1.82) is 5.26 Å². The molecule has 0 saturated heterocycles. The number of Topliss-reactive ketones (excluding diaryl/α,β-unsaturated/α-hetero) is 1. The van der Waals surface area contributed by atoms with E-state index in [1.54, 1.807) is 0 Å². The highest BCUT2D eigenvalue weighted by atomic mass is 16.3. The third kappa shape index (κ3) is 2.95. The van der Waals surface area contributed by atoms with E-state index in [-0.39, 0.29) is 29.8 Å². The summed E-state index contributed by atoms with van der Waals surface area (Å²) < 4.78 is 0. The van der Waals surface area contributed by atoms with Gasteiger partial charge in [0.15, 0.2) is 5.78 Å². The molecule has 160 valence electrons. The van der Waals surface area contributed by atoms with Crippen LogP contribution in [-0.4, -0.2) is 27.7 Å². The van der Waals surface area contributed by atoms with Crippen LogP contribution in [0.15, 0.2) is 66.2 Å². The zero-order valence-corrected chi connectivity index (χ0v) is 18.0. The number of rotatable bonds is 4. The Morgan fingerprint density at radius 1 is 1.22 bits per heavy atom. The van der Waals surface area contributed by atoms with Crippen LogP contribution in [0.1, 0.15) is 35.7 Å². The Bertz CT molecular complexity index is 1250. The molecule has 2 aliphatic rings. The second-order valence-corrected chi connectivity index (χ2v) is 8.80. The van der Waals surface area contributed by atoms with Crippen molar-refractivity contribution >= 4 is 5.78 Å². The fraction of sp³-hybridized carbons (Fsp3) is 0.296. The van der Waals surface area contributed by atoms with E-state index in [4.69, 9.17) is 5.10 Å². The van der Waals surface area contributed by atoms with E-state index in [9.17, 15) is 15.2 Å². The lowest BCUT2D eigenvalue weighted by Crippen LogP contribution is -2.48. The highest BCUT2D eigenvalue weighted by molar-refractivity contribution is 6.02. The van der Waals surface area contributed by atoms with Crippen molar-refractivity contribution < 1.29 is 9.90 Å².